The zero-order valence-corrected chi connectivity index (χ0v) is 11.7. The Morgan fingerprint density at radius 3 is 2.18 bits per heavy atom. The molecule has 1 saturated carbocycles. The molecule has 1 aliphatic carbocycles. The van der Waals surface area contributed by atoms with Gasteiger partial charge in [0.1, 0.15) is 0 Å². The first-order valence-electron chi connectivity index (χ1n) is 6.83. The van der Waals surface area contributed by atoms with Crippen LogP contribution in [0.4, 0.5) is 0 Å². The second kappa shape index (κ2) is 5.85. The van der Waals surface area contributed by atoms with Crippen molar-refractivity contribution < 1.29 is 9.90 Å². The molecular formula is C14H27NO2. The number of hydrogen-bond donors (Lipinski definition) is 1. The Labute approximate surface area is 105 Å². The van der Waals surface area contributed by atoms with E-state index in [1.807, 2.05) is 0 Å². The lowest BCUT2D eigenvalue weighted by Gasteiger charge is -2.39. The van der Waals surface area contributed by atoms with Crippen LogP contribution >= 0.6 is 0 Å². The number of aliphatic carboxylic acids is 1. The molecule has 0 aromatic heterocycles. The number of carboxylic acids is 1. The van der Waals surface area contributed by atoms with Gasteiger partial charge in [0, 0.05) is 12.6 Å². The van der Waals surface area contributed by atoms with Crippen LogP contribution in [0.25, 0.3) is 0 Å². The Morgan fingerprint density at radius 2 is 1.76 bits per heavy atom. The van der Waals surface area contributed by atoms with Gasteiger partial charge in [-0.3, -0.25) is 4.79 Å². The average Bonchev–Trinajstić information content (AvgIpc) is 2.28. The molecular weight excluding hydrogens is 214 g/mol. The van der Waals surface area contributed by atoms with Crippen LogP contribution in [0.3, 0.4) is 0 Å². The molecule has 0 aromatic rings. The number of carboxylic acid groups (broad SMARTS) is 1. The molecule has 17 heavy (non-hydrogen) atoms. The van der Waals surface area contributed by atoms with E-state index in [0.29, 0.717) is 18.5 Å². The first-order valence-corrected chi connectivity index (χ1v) is 6.83. The summed E-state index contributed by atoms with van der Waals surface area (Å²) >= 11 is 0. The van der Waals surface area contributed by atoms with E-state index < -0.39 is 11.4 Å². The van der Waals surface area contributed by atoms with Gasteiger partial charge in [-0.15, -0.1) is 0 Å². The van der Waals surface area contributed by atoms with Gasteiger partial charge in [0.25, 0.3) is 0 Å². The Kier molecular flexibility index (Phi) is 4.99. The molecule has 0 saturated heterocycles. The van der Waals surface area contributed by atoms with Crippen LogP contribution in [0, 0.1) is 11.3 Å². The first-order chi connectivity index (χ1) is 7.89. The molecule has 0 aliphatic heterocycles. The van der Waals surface area contributed by atoms with E-state index in [0.717, 1.165) is 25.7 Å². The topological polar surface area (TPSA) is 40.5 Å². The van der Waals surface area contributed by atoms with Crippen LogP contribution in [0.5, 0.6) is 0 Å². The molecule has 1 rings (SSSR count). The third-order valence-electron chi connectivity index (χ3n) is 4.48. The quantitative estimate of drug-likeness (QED) is 0.804. The van der Waals surface area contributed by atoms with Crippen molar-refractivity contribution in [2.24, 2.45) is 11.3 Å². The van der Waals surface area contributed by atoms with Gasteiger partial charge >= 0.3 is 5.97 Å². The highest BCUT2D eigenvalue weighted by molar-refractivity contribution is 5.75. The van der Waals surface area contributed by atoms with Gasteiger partial charge in [-0.05, 0) is 32.7 Å². The lowest BCUT2D eigenvalue weighted by atomic mass is 9.73. The van der Waals surface area contributed by atoms with Crippen LogP contribution in [0.2, 0.25) is 0 Å². The van der Waals surface area contributed by atoms with Gasteiger partial charge in [-0.2, -0.15) is 0 Å². The first kappa shape index (κ1) is 14.5. The molecule has 100 valence electrons. The highest BCUT2D eigenvalue weighted by Crippen LogP contribution is 2.37. The molecule has 0 spiro atoms. The molecule has 1 fully saturated rings. The SMILES string of the molecule is CC(C)C(C)N(C)CC1(C(=O)O)CCCCC1. The maximum absolute atomic E-state index is 11.6. The molecule has 1 N–H and O–H groups in total. The number of nitrogens with zero attached hydrogens (tertiary/aromatic N) is 1. The van der Waals surface area contributed by atoms with Crippen molar-refractivity contribution in [2.75, 3.05) is 13.6 Å². The lowest BCUT2D eigenvalue weighted by molar-refractivity contribution is -0.152. The van der Waals surface area contributed by atoms with E-state index in [9.17, 15) is 9.90 Å². The van der Waals surface area contributed by atoms with Crippen molar-refractivity contribution >= 4 is 5.97 Å². The standard InChI is InChI=1S/C14H27NO2/c1-11(2)12(3)15(4)10-14(13(16)17)8-6-5-7-9-14/h11-12H,5-10H2,1-4H3,(H,16,17). The summed E-state index contributed by atoms with van der Waals surface area (Å²) in [5.74, 6) is -0.0329. The lowest BCUT2D eigenvalue weighted by Crippen LogP contribution is -2.47. The van der Waals surface area contributed by atoms with Crippen molar-refractivity contribution in [3.8, 4) is 0 Å². The van der Waals surface area contributed by atoms with Gasteiger partial charge in [0.15, 0.2) is 0 Å². The normalized spacial score (nSPS) is 21.8. The molecule has 0 aromatic carbocycles. The molecule has 0 radical (unpaired) electrons. The monoisotopic (exact) mass is 241 g/mol. The van der Waals surface area contributed by atoms with Crippen molar-refractivity contribution in [3.05, 3.63) is 0 Å². The Morgan fingerprint density at radius 1 is 1.24 bits per heavy atom. The van der Waals surface area contributed by atoms with Crippen molar-refractivity contribution in [1.29, 1.82) is 0 Å². The van der Waals surface area contributed by atoms with Gasteiger partial charge < -0.3 is 10.0 Å². The van der Waals surface area contributed by atoms with Crippen LogP contribution in [-0.2, 0) is 4.79 Å². The molecule has 3 heteroatoms. The van der Waals surface area contributed by atoms with E-state index in [-0.39, 0.29) is 0 Å². The highest BCUT2D eigenvalue weighted by atomic mass is 16.4. The maximum Gasteiger partial charge on any atom is 0.310 e. The fourth-order valence-corrected chi connectivity index (χ4v) is 2.80. The number of rotatable bonds is 5. The van der Waals surface area contributed by atoms with Gasteiger partial charge in [-0.1, -0.05) is 33.1 Å². The van der Waals surface area contributed by atoms with Crippen molar-refractivity contribution in [2.45, 2.75) is 58.9 Å². The Balaban J connectivity index is 2.70. The summed E-state index contributed by atoms with van der Waals surface area (Å²) in [7, 11) is 2.06. The Hall–Kier alpha value is -0.570. The highest BCUT2D eigenvalue weighted by Gasteiger charge is 2.41. The summed E-state index contributed by atoms with van der Waals surface area (Å²) in [4.78, 5) is 13.8. The molecule has 1 atom stereocenters. The Bertz CT molecular complexity index is 257. The molecule has 0 bridgehead atoms. The minimum atomic E-state index is -0.597. The van der Waals surface area contributed by atoms with E-state index in [4.69, 9.17) is 0 Å². The van der Waals surface area contributed by atoms with E-state index in [1.165, 1.54) is 6.42 Å². The van der Waals surface area contributed by atoms with Gasteiger partial charge in [0.2, 0.25) is 0 Å². The summed E-state index contributed by atoms with van der Waals surface area (Å²) in [6.45, 7) is 7.26. The summed E-state index contributed by atoms with van der Waals surface area (Å²) in [5, 5.41) is 9.53. The van der Waals surface area contributed by atoms with E-state index >= 15 is 0 Å². The third-order valence-corrected chi connectivity index (χ3v) is 4.48. The second-order valence-electron chi connectivity index (χ2n) is 6.05. The minimum Gasteiger partial charge on any atom is -0.481 e. The third kappa shape index (κ3) is 3.44. The summed E-state index contributed by atoms with van der Waals surface area (Å²) in [6.07, 6.45) is 5.01. The van der Waals surface area contributed by atoms with E-state index in [1.54, 1.807) is 0 Å². The number of hydrogen-bond acceptors (Lipinski definition) is 2. The fraction of sp³-hybridized carbons (Fsp3) is 0.929. The summed E-state index contributed by atoms with van der Waals surface area (Å²) in [6, 6.07) is 0.438. The molecule has 0 amide bonds. The van der Waals surface area contributed by atoms with Gasteiger partial charge in [0.05, 0.1) is 5.41 Å². The molecule has 0 heterocycles. The van der Waals surface area contributed by atoms with E-state index in [2.05, 4.69) is 32.7 Å². The summed E-state index contributed by atoms with van der Waals surface area (Å²) in [5.41, 5.74) is -0.490. The zero-order valence-electron chi connectivity index (χ0n) is 11.7. The molecule has 1 aliphatic rings. The van der Waals surface area contributed by atoms with Crippen LogP contribution in [0.1, 0.15) is 52.9 Å². The zero-order chi connectivity index (χ0) is 13.1. The summed E-state index contributed by atoms with van der Waals surface area (Å²) < 4.78 is 0. The van der Waals surface area contributed by atoms with Crippen molar-refractivity contribution in [3.63, 3.8) is 0 Å². The number of carbonyl (C=O) groups is 1. The van der Waals surface area contributed by atoms with Crippen LogP contribution < -0.4 is 0 Å². The van der Waals surface area contributed by atoms with Crippen LogP contribution in [-0.4, -0.2) is 35.6 Å². The largest absolute Gasteiger partial charge is 0.481 e. The smallest absolute Gasteiger partial charge is 0.310 e. The fourth-order valence-electron chi connectivity index (χ4n) is 2.80. The molecule has 3 nitrogen and oxygen atoms in total. The maximum atomic E-state index is 11.6. The minimum absolute atomic E-state index is 0.438. The predicted molar refractivity (Wildman–Crippen MR) is 70.1 cm³/mol. The van der Waals surface area contributed by atoms with Crippen molar-refractivity contribution in [1.82, 2.24) is 4.90 Å². The van der Waals surface area contributed by atoms with Crippen LogP contribution in [0.15, 0.2) is 0 Å². The average molecular weight is 241 g/mol. The predicted octanol–water partition coefficient (Wildman–Crippen LogP) is 3.00. The second-order valence-corrected chi connectivity index (χ2v) is 6.05. The van der Waals surface area contributed by atoms with Gasteiger partial charge in [-0.25, -0.2) is 0 Å². The molecule has 1 unspecified atom stereocenters.